The lowest BCUT2D eigenvalue weighted by molar-refractivity contribution is 0.0409. The topological polar surface area (TPSA) is 139 Å². The first-order valence-electron chi connectivity index (χ1n) is 8.29. The Balaban J connectivity index is 2.07. The molecule has 9 nitrogen and oxygen atoms in total. The highest BCUT2D eigenvalue weighted by Crippen LogP contribution is 2.31. The Morgan fingerprint density at radius 3 is 2.93 bits per heavy atom. The number of primary sulfonamides is 1. The van der Waals surface area contributed by atoms with Gasteiger partial charge in [-0.15, -0.1) is 0 Å². The summed E-state index contributed by atoms with van der Waals surface area (Å²) in [4.78, 5) is 8.45. The first kappa shape index (κ1) is 19.8. The highest BCUT2D eigenvalue weighted by Gasteiger charge is 2.23. The van der Waals surface area contributed by atoms with Gasteiger partial charge in [-0.25, -0.2) is 18.5 Å². The van der Waals surface area contributed by atoms with Gasteiger partial charge in [0.05, 0.1) is 10.6 Å². The molecule has 0 saturated carbocycles. The Labute approximate surface area is 165 Å². The van der Waals surface area contributed by atoms with Crippen molar-refractivity contribution in [1.82, 2.24) is 9.97 Å². The van der Waals surface area contributed by atoms with Crippen molar-refractivity contribution >= 4 is 43.4 Å². The number of hydrogen-bond donors (Lipinski definition) is 4. The van der Waals surface area contributed by atoms with E-state index in [9.17, 15) is 13.5 Å². The Morgan fingerprint density at radius 1 is 1.44 bits per heavy atom. The van der Waals surface area contributed by atoms with Crippen molar-refractivity contribution in [2.45, 2.75) is 36.9 Å². The van der Waals surface area contributed by atoms with Crippen LogP contribution in [0.15, 0.2) is 33.8 Å². The number of anilines is 3. The molecule has 0 amide bonds. The fourth-order valence-electron chi connectivity index (χ4n) is 2.67. The first-order valence-corrected chi connectivity index (χ1v) is 10.6. The molecule has 0 fully saturated rings. The summed E-state index contributed by atoms with van der Waals surface area (Å²) in [6.07, 6.45) is 1.39. The van der Waals surface area contributed by atoms with Crippen molar-refractivity contribution in [2.75, 3.05) is 17.2 Å². The number of benzene rings is 1. The van der Waals surface area contributed by atoms with Crippen molar-refractivity contribution < 1.29 is 18.3 Å². The highest BCUT2D eigenvalue weighted by molar-refractivity contribution is 9.10. The molecular weight excluding hydrogens is 438 g/mol. The zero-order valence-corrected chi connectivity index (χ0v) is 16.9. The maximum Gasteiger partial charge on any atom is 0.241 e. The molecule has 1 aromatic heterocycles. The fraction of sp³-hybridized carbons (Fsp3) is 0.375. The van der Waals surface area contributed by atoms with Gasteiger partial charge in [-0.2, -0.15) is 4.98 Å². The summed E-state index contributed by atoms with van der Waals surface area (Å²) < 4.78 is 30.4. The average Bonchev–Trinajstić information content (AvgIpc) is 2.59. The number of hydrogen-bond acceptors (Lipinski definition) is 8. The van der Waals surface area contributed by atoms with Gasteiger partial charge < -0.3 is 20.5 Å². The number of nitrogens with zero attached hydrogens (tertiary/aromatic N) is 2. The van der Waals surface area contributed by atoms with Crippen LogP contribution in [0.3, 0.4) is 0 Å². The van der Waals surface area contributed by atoms with Crippen LogP contribution in [0.25, 0.3) is 0 Å². The number of sulfonamides is 1. The van der Waals surface area contributed by atoms with E-state index in [1.54, 1.807) is 19.2 Å². The van der Waals surface area contributed by atoms with E-state index in [4.69, 9.17) is 9.88 Å². The predicted molar refractivity (Wildman–Crippen MR) is 105 cm³/mol. The molecule has 2 atom stereocenters. The second-order valence-electron chi connectivity index (χ2n) is 6.19. The number of aliphatic hydroxyl groups excluding tert-OH is 1. The van der Waals surface area contributed by atoms with Crippen molar-refractivity contribution in [3.63, 3.8) is 0 Å². The largest absolute Gasteiger partial charge is 0.486 e. The summed E-state index contributed by atoms with van der Waals surface area (Å²) in [6, 6.07) is 4.40. The number of nitrogens with one attached hydrogen (secondary N) is 2. The second-order valence-corrected chi connectivity index (χ2v) is 8.57. The van der Waals surface area contributed by atoms with Gasteiger partial charge >= 0.3 is 0 Å². The van der Waals surface area contributed by atoms with Gasteiger partial charge in [0.1, 0.15) is 22.6 Å². The van der Waals surface area contributed by atoms with Gasteiger partial charge in [0.25, 0.3) is 0 Å². The van der Waals surface area contributed by atoms with Crippen LogP contribution in [-0.4, -0.2) is 42.2 Å². The number of rotatable bonds is 2. The van der Waals surface area contributed by atoms with Crippen LogP contribution in [0.2, 0.25) is 0 Å². The minimum atomic E-state index is -3.99. The van der Waals surface area contributed by atoms with E-state index in [0.717, 1.165) is 4.47 Å². The summed E-state index contributed by atoms with van der Waals surface area (Å²) in [5.41, 5.74) is 0.522. The molecule has 2 heterocycles. The van der Waals surface area contributed by atoms with Gasteiger partial charge in [-0.3, -0.25) is 0 Å². The smallest absolute Gasteiger partial charge is 0.241 e. The standard InChI is InChI=1S/C16H20BrN5O4S/c1-9(23)12-3-2-6-19-15-11(17)8-20-16(22-15)21-10-4-5-14(27(18,24)25)13(7-10)26-12/h4-5,7-9,12,23H,2-3,6H2,1H3,(H2,18,24,25)(H2,19,20,21,22). The summed E-state index contributed by atoms with van der Waals surface area (Å²) in [5, 5.41) is 21.6. The third-order valence-electron chi connectivity index (χ3n) is 4.02. The van der Waals surface area contributed by atoms with Crippen LogP contribution in [0.5, 0.6) is 5.75 Å². The van der Waals surface area contributed by atoms with Crippen LogP contribution in [0, 0.1) is 0 Å². The Bertz CT molecular complexity index is 938. The van der Waals surface area contributed by atoms with Crippen molar-refractivity contribution in [1.29, 1.82) is 0 Å². The van der Waals surface area contributed by atoms with Crippen LogP contribution >= 0.6 is 15.9 Å². The minimum Gasteiger partial charge on any atom is -0.486 e. The Hall–Kier alpha value is -1.95. The maximum absolute atomic E-state index is 11.9. The van der Waals surface area contributed by atoms with Gasteiger partial charge in [0.2, 0.25) is 16.0 Å². The summed E-state index contributed by atoms with van der Waals surface area (Å²) >= 11 is 3.40. The number of aliphatic hydroxyl groups is 1. The van der Waals surface area contributed by atoms with E-state index in [2.05, 4.69) is 36.5 Å². The SMILES string of the molecule is CC(O)C1CCCNc2nc(ncc2Br)Nc2ccc(S(N)(=O)=O)c(c2)O1. The van der Waals surface area contributed by atoms with Gasteiger partial charge in [-0.1, -0.05) is 0 Å². The van der Waals surface area contributed by atoms with Crippen molar-refractivity contribution in [2.24, 2.45) is 5.14 Å². The van der Waals surface area contributed by atoms with Crippen LogP contribution in [0.1, 0.15) is 19.8 Å². The third kappa shape index (κ3) is 4.86. The van der Waals surface area contributed by atoms with Crippen molar-refractivity contribution in [3.8, 4) is 5.75 Å². The number of halogens is 1. The molecule has 1 aliphatic rings. The van der Waals surface area contributed by atoms with E-state index in [1.807, 2.05) is 0 Å². The molecule has 0 saturated heterocycles. The average molecular weight is 458 g/mol. The lowest BCUT2D eigenvalue weighted by Crippen LogP contribution is -2.30. The number of fused-ring (bicyclic) bond motifs is 4. The Morgan fingerprint density at radius 2 is 2.22 bits per heavy atom. The van der Waals surface area contributed by atoms with Crippen LogP contribution in [0.4, 0.5) is 17.5 Å². The fourth-order valence-corrected chi connectivity index (χ4v) is 3.64. The van der Waals surface area contributed by atoms with E-state index >= 15 is 0 Å². The lowest BCUT2D eigenvalue weighted by Gasteiger charge is -2.23. The van der Waals surface area contributed by atoms with E-state index in [0.29, 0.717) is 36.8 Å². The Kier molecular flexibility index (Phi) is 5.84. The maximum atomic E-state index is 11.9. The third-order valence-corrected chi connectivity index (χ3v) is 5.56. The van der Waals surface area contributed by atoms with Gasteiger partial charge in [-0.05, 0) is 47.8 Å². The molecule has 5 N–H and O–H groups in total. The summed E-state index contributed by atoms with van der Waals surface area (Å²) in [7, 11) is -3.99. The zero-order chi connectivity index (χ0) is 19.6. The molecule has 4 bridgehead atoms. The predicted octanol–water partition coefficient (Wildman–Crippen LogP) is 1.96. The normalized spacial score (nSPS) is 18.6. The molecule has 2 unspecified atom stereocenters. The summed E-state index contributed by atoms with van der Waals surface area (Å²) in [5.74, 6) is 1.03. The second kappa shape index (κ2) is 7.97. The monoisotopic (exact) mass is 457 g/mol. The molecule has 1 aromatic carbocycles. The minimum absolute atomic E-state index is 0.0675. The van der Waals surface area contributed by atoms with Crippen LogP contribution in [-0.2, 0) is 10.0 Å². The van der Waals surface area contributed by atoms with E-state index < -0.39 is 22.2 Å². The molecule has 27 heavy (non-hydrogen) atoms. The highest BCUT2D eigenvalue weighted by atomic mass is 79.9. The molecule has 0 aliphatic carbocycles. The summed E-state index contributed by atoms with van der Waals surface area (Å²) in [6.45, 7) is 2.18. The van der Waals surface area contributed by atoms with Crippen LogP contribution < -0.4 is 20.5 Å². The molecule has 2 aromatic rings. The molecule has 1 aliphatic heterocycles. The molecule has 0 spiro atoms. The van der Waals surface area contributed by atoms with Gasteiger partial charge in [0.15, 0.2) is 0 Å². The number of nitrogens with two attached hydrogens (primary N) is 1. The van der Waals surface area contributed by atoms with Crippen molar-refractivity contribution in [3.05, 3.63) is 28.9 Å². The quantitative estimate of drug-likeness (QED) is 0.536. The molecule has 11 heteroatoms. The molecule has 0 radical (unpaired) electrons. The molecular formula is C16H20BrN5O4S. The zero-order valence-electron chi connectivity index (χ0n) is 14.5. The molecule has 3 rings (SSSR count). The first-order chi connectivity index (χ1) is 12.7. The molecule has 146 valence electrons. The van der Waals surface area contributed by atoms with E-state index in [1.165, 1.54) is 12.1 Å². The number of ether oxygens (including phenoxy) is 1. The lowest BCUT2D eigenvalue weighted by atomic mass is 10.1. The van der Waals surface area contributed by atoms with E-state index in [-0.39, 0.29) is 10.6 Å². The van der Waals surface area contributed by atoms with Gasteiger partial charge in [0, 0.05) is 24.5 Å². The number of aromatic nitrogens is 2.